The number of benzene rings is 1. The number of amides is 1. The normalized spacial score (nSPS) is 23.3. The zero-order valence-corrected chi connectivity index (χ0v) is 14.3. The van der Waals surface area contributed by atoms with Gasteiger partial charge >= 0.3 is 5.97 Å². The zero-order valence-electron chi connectivity index (χ0n) is 14.3. The highest BCUT2D eigenvalue weighted by atomic mass is 16.5. The van der Waals surface area contributed by atoms with E-state index in [2.05, 4.69) is 29.2 Å². The van der Waals surface area contributed by atoms with Crippen LogP contribution in [-0.4, -0.2) is 53.5 Å². The number of nitrogens with zero attached hydrogens (tertiary/aromatic N) is 2. The highest BCUT2D eigenvalue weighted by molar-refractivity contribution is 5.82. The Bertz CT molecular complexity index is 561. The summed E-state index contributed by atoms with van der Waals surface area (Å²) in [5, 5.41) is 0. The van der Waals surface area contributed by atoms with Gasteiger partial charge in [-0.1, -0.05) is 30.3 Å². The Hall–Kier alpha value is -1.88. The molecule has 2 aliphatic rings. The monoisotopic (exact) mass is 330 g/mol. The summed E-state index contributed by atoms with van der Waals surface area (Å²) in [7, 11) is 0. The third-order valence-electron chi connectivity index (χ3n) is 4.94. The highest BCUT2D eigenvalue weighted by Gasteiger charge is 2.42. The summed E-state index contributed by atoms with van der Waals surface area (Å²) in [5.74, 6) is -0.171. The largest absolute Gasteiger partial charge is 0.466 e. The predicted octanol–water partition coefficient (Wildman–Crippen LogP) is 2.21. The maximum Gasteiger partial charge on any atom is 0.306 e. The third-order valence-corrected chi connectivity index (χ3v) is 4.94. The van der Waals surface area contributed by atoms with Crippen LogP contribution >= 0.6 is 0 Å². The molecule has 24 heavy (non-hydrogen) atoms. The van der Waals surface area contributed by atoms with Gasteiger partial charge in [0.2, 0.25) is 5.91 Å². The smallest absolute Gasteiger partial charge is 0.306 e. The summed E-state index contributed by atoms with van der Waals surface area (Å²) in [6, 6.07) is 11.1. The molecule has 1 aromatic rings. The Labute approximate surface area is 143 Å². The first-order valence-electron chi connectivity index (χ1n) is 8.90. The minimum Gasteiger partial charge on any atom is -0.466 e. The van der Waals surface area contributed by atoms with Crippen LogP contribution in [0.4, 0.5) is 0 Å². The van der Waals surface area contributed by atoms with Crippen molar-refractivity contribution in [2.75, 3.05) is 19.7 Å². The van der Waals surface area contributed by atoms with E-state index in [0.717, 1.165) is 32.5 Å². The van der Waals surface area contributed by atoms with Crippen molar-refractivity contribution in [3.05, 3.63) is 35.9 Å². The first kappa shape index (κ1) is 17.0. The van der Waals surface area contributed by atoms with E-state index in [1.807, 2.05) is 11.0 Å². The minimum atomic E-state index is -0.277. The van der Waals surface area contributed by atoms with E-state index in [-0.39, 0.29) is 24.7 Å². The maximum atomic E-state index is 12.5. The molecular formula is C19H26N2O3. The zero-order chi connectivity index (χ0) is 16.9. The molecule has 1 amide bonds. The average Bonchev–Trinajstić information content (AvgIpc) is 2.85. The number of piperazine rings is 1. The van der Waals surface area contributed by atoms with Crippen molar-refractivity contribution in [1.29, 1.82) is 0 Å². The quantitative estimate of drug-likeness (QED) is 0.751. The molecule has 2 atom stereocenters. The molecule has 0 N–H and O–H groups in total. The molecule has 3 rings (SSSR count). The van der Waals surface area contributed by atoms with Crippen molar-refractivity contribution in [2.45, 2.75) is 51.2 Å². The molecule has 0 saturated carbocycles. The topological polar surface area (TPSA) is 49.9 Å². The second-order valence-corrected chi connectivity index (χ2v) is 6.67. The van der Waals surface area contributed by atoms with Gasteiger partial charge in [0, 0.05) is 38.1 Å². The molecule has 2 bridgehead atoms. The maximum absolute atomic E-state index is 12.5. The number of hydrogen-bond donors (Lipinski definition) is 0. The van der Waals surface area contributed by atoms with Gasteiger partial charge in [-0.2, -0.15) is 0 Å². The van der Waals surface area contributed by atoms with Gasteiger partial charge in [-0.05, 0) is 25.3 Å². The Morgan fingerprint density at radius 2 is 1.75 bits per heavy atom. The van der Waals surface area contributed by atoms with Crippen LogP contribution in [0.5, 0.6) is 0 Å². The minimum absolute atomic E-state index is 0.106. The number of esters is 1. The third kappa shape index (κ3) is 3.96. The summed E-state index contributed by atoms with van der Waals surface area (Å²) < 4.78 is 4.91. The van der Waals surface area contributed by atoms with E-state index in [1.165, 1.54) is 5.56 Å². The van der Waals surface area contributed by atoms with Crippen LogP contribution in [-0.2, 0) is 20.9 Å². The van der Waals surface area contributed by atoms with Crippen LogP contribution in [0.15, 0.2) is 30.3 Å². The Balaban J connectivity index is 1.53. The van der Waals surface area contributed by atoms with Gasteiger partial charge in [0.1, 0.15) is 0 Å². The summed E-state index contributed by atoms with van der Waals surface area (Å²) in [6.07, 6.45) is 2.60. The summed E-state index contributed by atoms with van der Waals surface area (Å²) in [6.45, 7) is 4.95. The van der Waals surface area contributed by atoms with Gasteiger partial charge in [0.05, 0.1) is 13.0 Å². The Morgan fingerprint density at radius 3 is 2.38 bits per heavy atom. The second kappa shape index (κ2) is 7.79. The van der Waals surface area contributed by atoms with Crippen molar-refractivity contribution < 1.29 is 14.3 Å². The van der Waals surface area contributed by atoms with Crippen molar-refractivity contribution in [1.82, 2.24) is 9.80 Å². The molecular weight excluding hydrogens is 304 g/mol. The van der Waals surface area contributed by atoms with Crippen LogP contribution in [0.25, 0.3) is 0 Å². The van der Waals surface area contributed by atoms with Gasteiger partial charge in [-0.25, -0.2) is 0 Å². The molecule has 5 nitrogen and oxygen atoms in total. The standard InChI is InChI=1S/C19H26N2O3/c1-2-24-19(23)11-10-18(22)21-16-8-9-17(21)14-20(13-16)12-15-6-4-3-5-7-15/h3-7,16-17H,2,8-14H2,1H3/t16-,17-/m0/s1. The number of carbonyl (C=O) groups excluding carboxylic acids is 2. The first-order valence-corrected chi connectivity index (χ1v) is 8.90. The number of ether oxygens (including phenoxy) is 1. The van der Waals surface area contributed by atoms with Crippen LogP contribution in [0.3, 0.4) is 0 Å². The molecule has 0 aromatic heterocycles. The van der Waals surface area contributed by atoms with E-state index in [9.17, 15) is 9.59 Å². The van der Waals surface area contributed by atoms with Crippen molar-refractivity contribution in [2.24, 2.45) is 0 Å². The predicted molar refractivity (Wildman–Crippen MR) is 91.2 cm³/mol. The lowest BCUT2D eigenvalue weighted by Gasteiger charge is -2.41. The van der Waals surface area contributed by atoms with E-state index in [0.29, 0.717) is 18.7 Å². The summed E-state index contributed by atoms with van der Waals surface area (Å²) in [4.78, 5) is 28.5. The molecule has 2 aliphatic heterocycles. The van der Waals surface area contributed by atoms with Crippen LogP contribution < -0.4 is 0 Å². The molecule has 2 fully saturated rings. The van der Waals surface area contributed by atoms with E-state index >= 15 is 0 Å². The average molecular weight is 330 g/mol. The Kier molecular flexibility index (Phi) is 5.51. The first-order chi connectivity index (χ1) is 11.7. The van der Waals surface area contributed by atoms with Crippen molar-refractivity contribution >= 4 is 11.9 Å². The highest BCUT2D eigenvalue weighted by Crippen LogP contribution is 2.31. The van der Waals surface area contributed by atoms with Crippen molar-refractivity contribution in [3.8, 4) is 0 Å². The fourth-order valence-corrected chi connectivity index (χ4v) is 3.94. The molecule has 2 saturated heterocycles. The number of fused-ring (bicyclic) bond motifs is 2. The van der Waals surface area contributed by atoms with Gasteiger partial charge in [0.15, 0.2) is 0 Å². The molecule has 0 spiro atoms. The molecule has 5 heteroatoms. The van der Waals surface area contributed by atoms with E-state index in [4.69, 9.17) is 4.74 Å². The number of likely N-dealkylation sites (tertiary alicyclic amines) is 1. The second-order valence-electron chi connectivity index (χ2n) is 6.67. The number of rotatable bonds is 6. The van der Waals surface area contributed by atoms with Crippen molar-refractivity contribution in [3.63, 3.8) is 0 Å². The van der Waals surface area contributed by atoms with Gasteiger partial charge < -0.3 is 9.64 Å². The van der Waals surface area contributed by atoms with E-state index < -0.39 is 0 Å². The summed E-state index contributed by atoms with van der Waals surface area (Å²) in [5.41, 5.74) is 1.32. The van der Waals surface area contributed by atoms with Gasteiger partial charge in [0.25, 0.3) is 0 Å². The van der Waals surface area contributed by atoms with Gasteiger partial charge in [-0.15, -0.1) is 0 Å². The van der Waals surface area contributed by atoms with Gasteiger partial charge in [-0.3, -0.25) is 14.5 Å². The van der Waals surface area contributed by atoms with E-state index in [1.54, 1.807) is 6.92 Å². The van der Waals surface area contributed by atoms with Crippen LogP contribution in [0.2, 0.25) is 0 Å². The molecule has 0 aliphatic carbocycles. The summed E-state index contributed by atoms with van der Waals surface area (Å²) >= 11 is 0. The molecule has 0 radical (unpaired) electrons. The fraction of sp³-hybridized carbons (Fsp3) is 0.579. The lowest BCUT2D eigenvalue weighted by molar-refractivity contribution is -0.147. The lowest BCUT2D eigenvalue weighted by Crippen LogP contribution is -2.55. The van der Waals surface area contributed by atoms with Crippen LogP contribution in [0.1, 0.15) is 38.2 Å². The number of hydrogen-bond acceptors (Lipinski definition) is 4. The number of carbonyl (C=O) groups is 2. The lowest BCUT2D eigenvalue weighted by atomic mass is 10.1. The van der Waals surface area contributed by atoms with Crippen LogP contribution in [0, 0.1) is 0 Å². The Morgan fingerprint density at radius 1 is 1.08 bits per heavy atom. The SMILES string of the molecule is CCOC(=O)CCC(=O)N1[C@H]2CC[C@H]1CN(Cc1ccccc1)C2. The molecule has 0 unspecified atom stereocenters. The fourth-order valence-electron chi connectivity index (χ4n) is 3.94. The molecule has 2 heterocycles. The molecule has 130 valence electrons. The molecule has 1 aromatic carbocycles.